The van der Waals surface area contributed by atoms with Gasteiger partial charge >= 0.3 is 0 Å². The largest absolute Gasteiger partial charge is 0.325 e. The van der Waals surface area contributed by atoms with Gasteiger partial charge in [-0.3, -0.25) is 14.2 Å². The van der Waals surface area contributed by atoms with Crippen molar-refractivity contribution in [2.24, 2.45) is 0 Å². The fourth-order valence-electron chi connectivity index (χ4n) is 2.77. The van der Waals surface area contributed by atoms with Gasteiger partial charge in [0.1, 0.15) is 6.33 Å². The summed E-state index contributed by atoms with van der Waals surface area (Å²) in [6.45, 7) is 3.48. The third-order valence-corrected chi connectivity index (χ3v) is 5.23. The SMILES string of the molecule is CCc1ccccc1-n1cnnc1SCC(=O)Nc1cc(Cl)ccc1NC(C)=O. The smallest absolute Gasteiger partial charge is 0.234 e. The van der Waals surface area contributed by atoms with E-state index >= 15 is 0 Å². The zero-order valence-corrected chi connectivity index (χ0v) is 17.5. The lowest BCUT2D eigenvalue weighted by atomic mass is 10.1. The minimum atomic E-state index is -0.248. The van der Waals surface area contributed by atoms with Crippen LogP contribution in [0.3, 0.4) is 0 Å². The number of aromatic nitrogens is 3. The van der Waals surface area contributed by atoms with Crippen molar-refractivity contribution in [1.82, 2.24) is 14.8 Å². The molecule has 2 amide bonds. The first kappa shape index (κ1) is 20.9. The average molecular weight is 430 g/mol. The van der Waals surface area contributed by atoms with Crippen LogP contribution in [0.25, 0.3) is 5.69 Å². The van der Waals surface area contributed by atoms with Crippen LogP contribution in [0.5, 0.6) is 0 Å². The Kier molecular flexibility index (Phi) is 6.90. The van der Waals surface area contributed by atoms with E-state index in [-0.39, 0.29) is 17.6 Å². The summed E-state index contributed by atoms with van der Waals surface area (Å²) in [5.41, 5.74) is 3.08. The van der Waals surface area contributed by atoms with E-state index in [9.17, 15) is 9.59 Å². The van der Waals surface area contributed by atoms with Crippen LogP contribution in [0, 0.1) is 0 Å². The number of para-hydroxylation sites is 1. The number of nitrogens with one attached hydrogen (secondary N) is 2. The highest BCUT2D eigenvalue weighted by molar-refractivity contribution is 7.99. The molecule has 1 aromatic heterocycles. The molecule has 0 spiro atoms. The maximum atomic E-state index is 12.5. The molecule has 0 fully saturated rings. The Morgan fingerprint density at radius 2 is 1.93 bits per heavy atom. The molecule has 3 rings (SSSR count). The Balaban J connectivity index is 1.71. The van der Waals surface area contributed by atoms with E-state index in [1.54, 1.807) is 24.5 Å². The van der Waals surface area contributed by atoms with Gasteiger partial charge in [0.15, 0.2) is 5.16 Å². The predicted octanol–water partition coefficient (Wildman–Crippen LogP) is 4.17. The summed E-state index contributed by atoms with van der Waals surface area (Å²) in [5.74, 6) is -0.360. The first-order chi connectivity index (χ1) is 14.0. The molecule has 0 unspecified atom stereocenters. The second kappa shape index (κ2) is 9.58. The Morgan fingerprint density at radius 3 is 2.69 bits per heavy atom. The highest BCUT2D eigenvalue weighted by Gasteiger charge is 2.14. The molecule has 0 aliphatic rings. The predicted molar refractivity (Wildman–Crippen MR) is 116 cm³/mol. The molecule has 0 radical (unpaired) electrons. The molecule has 0 saturated carbocycles. The molecule has 1 heterocycles. The van der Waals surface area contributed by atoms with Gasteiger partial charge in [0.05, 0.1) is 22.8 Å². The van der Waals surface area contributed by atoms with Gasteiger partial charge in [-0.2, -0.15) is 0 Å². The highest BCUT2D eigenvalue weighted by atomic mass is 35.5. The maximum Gasteiger partial charge on any atom is 0.234 e. The van der Waals surface area contributed by atoms with E-state index in [2.05, 4.69) is 33.8 Å². The van der Waals surface area contributed by atoms with E-state index in [1.165, 1.54) is 18.7 Å². The number of amides is 2. The lowest BCUT2D eigenvalue weighted by Gasteiger charge is -2.12. The molecule has 29 heavy (non-hydrogen) atoms. The van der Waals surface area contributed by atoms with Gasteiger partial charge in [-0.15, -0.1) is 10.2 Å². The number of aryl methyl sites for hydroxylation is 1. The van der Waals surface area contributed by atoms with Crippen molar-refractivity contribution in [3.8, 4) is 5.69 Å². The van der Waals surface area contributed by atoms with Crippen molar-refractivity contribution in [1.29, 1.82) is 0 Å². The topological polar surface area (TPSA) is 88.9 Å². The van der Waals surface area contributed by atoms with Crippen molar-refractivity contribution in [3.05, 3.63) is 59.4 Å². The highest BCUT2D eigenvalue weighted by Crippen LogP contribution is 2.27. The van der Waals surface area contributed by atoms with Crippen LogP contribution in [-0.2, 0) is 16.0 Å². The van der Waals surface area contributed by atoms with Crippen molar-refractivity contribution in [2.45, 2.75) is 25.4 Å². The Morgan fingerprint density at radius 1 is 1.14 bits per heavy atom. The minimum absolute atomic E-state index is 0.124. The molecule has 9 heteroatoms. The van der Waals surface area contributed by atoms with E-state index < -0.39 is 0 Å². The van der Waals surface area contributed by atoms with Crippen LogP contribution >= 0.6 is 23.4 Å². The molecule has 0 aliphatic carbocycles. The van der Waals surface area contributed by atoms with Gasteiger partial charge in [0.2, 0.25) is 11.8 Å². The summed E-state index contributed by atoms with van der Waals surface area (Å²) in [5, 5.41) is 14.7. The zero-order valence-electron chi connectivity index (χ0n) is 16.0. The van der Waals surface area contributed by atoms with Gasteiger partial charge in [0.25, 0.3) is 0 Å². The molecule has 150 valence electrons. The summed E-state index contributed by atoms with van der Waals surface area (Å²) >= 11 is 7.30. The second-order valence-corrected chi connectivity index (χ2v) is 7.55. The number of carbonyl (C=O) groups is 2. The van der Waals surface area contributed by atoms with Gasteiger partial charge in [-0.05, 0) is 36.2 Å². The molecule has 3 aromatic rings. The van der Waals surface area contributed by atoms with Crippen LogP contribution in [0.2, 0.25) is 5.02 Å². The Bertz CT molecular complexity index is 1040. The molecule has 7 nitrogen and oxygen atoms in total. The van der Waals surface area contributed by atoms with Crippen LogP contribution in [-0.4, -0.2) is 32.3 Å². The van der Waals surface area contributed by atoms with Crippen LogP contribution in [0.15, 0.2) is 53.9 Å². The number of rotatable bonds is 7. The first-order valence-corrected chi connectivity index (χ1v) is 10.3. The van der Waals surface area contributed by atoms with E-state index in [0.717, 1.165) is 17.7 Å². The molecule has 0 saturated heterocycles. The second-order valence-electron chi connectivity index (χ2n) is 6.17. The number of thioether (sulfide) groups is 1. The molecular formula is C20H20ClN5O2S. The molecular weight excluding hydrogens is 410 g/mol. The number of benzene rings is 2. The van der Waals surface area contributed by atoms with E-state index in [0.29, 0.717) is 21.6 Å². The third kappa shape index (κ3) is 5.36. The van der Waals surface area contributed by atoms with Gasteiger partial charge in [-0.1, -0.05) is 48.5 Å². The monoisotopic (exact) mass is 429 g/mol. The number of hydrogen-bond donors (Lipinski definition) is 2. The Hall–Kier alpha value is -2.84. The molecule has 2 N–H and O–H groups in total. The van der Waals surface area contributed by atoms with Crippen LogP contribution in [0.4, 0.5) is 11.4 Å². The van der Waals surface area contributed by atoms with Crippen LogP contribution < -0.4 is 10.6 Å². The van der Waals surface area contributed by atoms with Gasteiger partial charge < -0.3 is 10.6 Å². The summed E-state index contributed by atoms with van der Waals surface area (Å²) in [7, 11) is 0. The van der Waals surface area contributed by atoms with Gasteiger partial charge in [0, 0.05) is 11.9 Å². The Labute approximate surface area is 177 Å². The van der Waals surface area contributed by atoms with Crippen molar-refractivity contribution in [2.75, 3.05) is 16.4 Å². The van der Waals surface area contributed by atoms with Crippen molar-refractivity contribution < 1.29 is 9.59 Å². The average Bonchev–Trinajstić information content (AvgIpc) is 3.16. The number of halogens is 1. The first-order valence-electron chi connectivity index (χ1n) is 8.96. The molecule has 2 aromatic carbocycles. The number of hydrogen-bond acceptors (Lipinski definition) is 5. The lowest BCUT2D eigenvalue weighted by molar-refractivity contribution is -0.115. The molecule has 0 atom stereocenters. The quantitative estimate of drug-likeness (QED) is 0.550. The third-order valence-electron chi connectivity index (χ3n) is 4.05. The number of carbonyl (C=O) groups excluding carboxylic acids is 2. The number of nitrogens with zero attached hydrogens (tertiary/aromatic N) is 3. The summed E-state index contributed by atoms with van der Waals surface area (Å²) in [6, 6.07) is 12.9. The molecule has 0 bridgehead atoms. The minimum Gasteiger partial charge on any atom is -0.325 e. The lowest BCUT2D eigenvalue weighted by Crippen LogP contribution is -2.17. The summed E-state index contributed by atoms with van der Waals surface area (Å²) in [6.07, 6.45) is 2.51. The maximum absolute atomic E-state index is 12.5. The standard InChI is InChI=1S/C20H20ClN5O2S/c1-3-14-6-4-5-7-18(14)26-12-22-25-20(26)29-11-19(28)24-17-10-15(21)8-9-16(17)23-13(2)27/h4-10,12H,3,11H2,1-2H3,(H,23,27)(H,24,28). The van der Waals surface area contributed by atoms with Crippen LogP contribution in [0.1, 0.15) is 19.4 Å². The normalized spacial score (nSPS) is 10.6. The van der Waals surface area contributed by atoms with Crippen molar-refractivity contribution >= 4 is 46.6 Å². The number of anilines is 2. The molecule has 0 aliphatic heterocycles. The fourth-order valence-corrected chi connectivity index (χ4v) is 3.66. The van der Waals surface area contributed by atoms with Crippen molar-refractivity contribution in [3.63, 3.8) is 0 Å². The summed E-state index contributed by atoms with van der Waals surface area (Å²) < 4.78 is 1.87. The van der Waals surface area contributed by atoms with E-state index in [1.807, 2.05) is 22.8 Å². The zero-order chi connectivity index (χ0) is 20.8. The van der Waals surface area contributed by atoms with Gasteiger partial charge in [-0.25, -0.2) is 0 Å². The van der Waals surface area contributed by atoms with E-state index in [4.69, 9.17) is 11.6 Å². The fraction of sp³-hybridized carbons (Fsp3) is 0.200. The summed E-state index contributed by atoms with van der Waals surface area (Å²) in [4.78, 5) is 23.8.